The molecule has 148 valence electrons. The fourth-order valence-electron chi connectivity index (χ4n) is 3.63. The van der Waals surface area contributed by atoms with Crippen molar-refractivity contribution in [3.05, 3.63) is 76.5 Å². The number of pyridine rings is 2. The quantitative estimate of drug-likeness (QED) is 0.549. The lowest BCUT2D eigenvalue weighted by Gasteiger charge is -2.11. The van der Waals surface area contributed by atoms with Gasteiger partial charge in [0.25, 0.3) is 11.5 Å². The Kier molecular flexibility index (Phi) is 5.14. The number of para-hydroxylation sites is 1. The molecule has 0 unspecified atom stereocenters. The van der Waals surface area contributed by atoms with Crippen molar-refractivity contribution >= 4 is 27.7 Å². The van der Waals surface area contributed by atoms with Gasteiger partial charge in [-0.15, -0.1) is 0 Å². The molecule has 4 aromatic rings. The maximum atomic E-state index is 13.1. The molecule has 0 aliphatic heterocycles. The van der Waals surface area contributed by atoms with Crippen molar-refractivity contribution in [3.8, 4) is 0 Å². The third kappa shape index (κ3) is 3.40. The number of hydrogen-bond donors (Lipinski definition) is 1. The number of amides is 1. The van der Waals surface area contributed by atoms with E-state index in [9.17, 15) is 9.59 Å². The Hall–Kier alpha value is -3.45. The van der Waals surface area contributed by atoms with E-state index in [2.05, 4.69) is 10.3 Å². The molecule has 7 heteroatoms. The van der Waals surface area contributed by atoms with Gasteiger partial charge in [-0.1, -0.05) is 24.3 Å². The van der Waals surface area contributed by atoms with Crippen LogP contribution in [0.15, 0.2) is 59.7 Å². The maximum Gasteiger partial charge on any atom is 0.275 e. The first-order valence-electron chi connectivity index (χ1n) is 9.39. The number of hydrogen-bond acceptors (Lipinski definition) is 4. The first-order chi connectivity index (χ1) is 14.1. The predicted octanol–water partition coefficient (Wildman–Crippen LogP) is 2.46. The Balaban J connectivity index is 1.86. The molecule has 1 aromatic carbocycles. The highest BCUT2D eigenvalue weighted by Crippen LogP contribution is 2.28. The van der Waals surface area contributed by atoms with Crippen LogP contribution in [0.4, 0.5) is 0 Å². The van der Waals surface area contributed by atoms with Crippen LogP contribution in [0.5, 0.6) is 0 Å². The number of ether oxygens (including phenoxy) is 1. The monoisotopic (exact) mass is 390 g/mol. The second kappa shape index (κ2) is 7.89. The minimum absolute atomic E-state index is 0.142. The standard InChI is InChI=1S/C22H22N4O3/c1-25-18-9-4-3-8-16(18)19-17(14-26(11-12-29-2)22(28)20(19)25)21(27)24-13-15-7-5-6-10-23-15/h3-10,14H,11-13H2,1-2H3,(H,24,27). The molecule has 0 bridgehead atoms. The van der Waals surface area contributed by atoms with Crippen molar-refractivity contribution in [3.63, 3.8) is 0 Å². The van der Waals surface area contributed by atoms with Gasteiger partial charge >= 0.3 is 0 Å². The summed E-state index contributed by atoms with van der Waals surface area (Å²) in [5.41, 5.74) is 2.50. The van der Waals surface area contributed by atoms with E-state index in [0.29, 0.717) is 36.2 Å². The Labute approximate surface area is 167 Å². The summed E-state index contributed by atoms with van der Waals surface area (Å²) in [5.74, 6) is -0.247. The second-order valence-electron chi connectivity index (χ2n) is 6.84. The number of rotatable bonds is 6. The Morgan fingerprint density at radius 2 is 1.97 bits per heavy atom. The van der Waals surface area contributed by atoms with E-state index in [4.69, 9.17) is 4.74 Å². The molecule has 1 N–H and O–H groups in total. The topological polar surface area (TPSA) is 78.2 Å². The minimum atomic E-state index is -0.247. The van der Waals surface area contributed by atoms with Crippen molar-refractivity contribution < 1.29 is 9.53 Å². The molecule has 0 saturated carbocycles. The summed E-state index contributed by atoms with van der Waals surface area (Å²) in [7, 11) is 3.43. The molecule has 29 heavy (non-hydrogen) atoms. The number of aryl methyl sites for hydroxylation is 1. The van der Waals surface area contributed by atoms with Crippen LogP contribution < -0.4 is 10.9 Å². The number of fused-ring (bicyclic) bond motifs is 3. The molecule has 7 nitrogen and oxygen atoms in total. The fourth-order valence-corrected chi connectivity index (χ4v) is 3.63. The highest BCUT2D eigenvalue weighted by molar-refractivity contribution is 6.17. The average Bonchev–Trinajstić information content (AvgIpc) is 3.06. The third-order valence-corrected chi connectivity index (χ3v) is 5.06. The molecule has 0 atom stereocenters. The Morgan fingerprint density at radius 3 is 2.72 bits per heavy atom. The zero-order valence-electron chi connectivity index (χ0n) is 16.4. The van der Waals surface area contributed by atoms with Crippen LogP contribution in [0, 0.1) is 0 Å². The van der Waals surface area contributed by atoms with Crippen LogP contribution in [0.25, 0.3) is 21.8 Å². The molecule has 4 rings (SSSR count). The first-order valence-corrected chi connectivity index (χ1v) is 9.39. The second-order valence-corrected chi connectivity index (χ2v) is 6.84. The maximum absolute atomic E-state index is 13.1. The van der Waals surface area contributed by atoms with E-state index in [1.54, 1.807) is 24.1 Å². The van der Waals surface area contributed by atoms with Crippen LogP contribution >= 0.6 is 0 Å². The van der Waals surface area contributed by atoms with Gasteiger partial charge < -0.3 is 19.2 Å². The predicted molar refractivity (Wildman–Crippen MR) is 112 cm³/mol. The van der Waals surface area contributed by atoms with Gasteiger partial charge in [0.15, 0.2) is 0 Å². The van der Waals surface area contributed by atoms with Gasteiger partial charge in [-0.2, -0.15) is 0 Å². The molecule has 0 aliphatic rings. The molecule has 0 radical (unpaired) electrons. The van der Waals surface area contributed by atoms with Gasteiger partial charge in [-0.3, -0.25) is 14.6 Å². The van der Waals surface area contributed by atoms with E-state index in [0.717, 1.165) is 16.6 Å². The van der Waals surface area contributed by atoms with Gasteiger partial charge in [-0.05, 0) is 18.2 Å². The number of benzene rings is 1. The van der Waals surface area contributed by atoms with Crippen LogP contribution in [0.1, 0.15) is 16.1 Å². The van der Waals surface area contributed by atoms with Gasteiger partial charge in [0.05, 0.1) is 24.4 Å². The molecule has 3 heterocycles. The van der Waals surface area contributed by atoms with Crippen molar-refractivity contribution in [2.45, 2.75) is 13.1 Å². The SMILES string of the molecule is COCCn1cc(C(=O)NCc2ccccn2)c2c3ccccc3n(C)c2c1=O. The van der Waals surface area contributed by atoms with Crippen LogP contribution in [0.2, 0.25) is 0 Å². The number of carbonyl (C=O) groups is 1. The zero-order valence-corrected chi connectivity index (χ0v) is 16.4. The highest BCUT2D eigenvalue weighted by Gasteiger charge is 2.21. The number of methoxy groups -OCH3 is 1. The molecule has 0 aliphatic carbocycles. The van der Waals surface area contributed by atoms with Crippen molar-refractivity contribution in [2.75, 3.05) is 13.7 Å². The fraction of sp³-hybridized carbons (Fsp3) is 0.227. The van der Waals surface area contributed by atoms with E-state index in [1.165, 1.54) is 0 Å². The molecular formula is C22H22N4O3. The smallest absolute Gasteiger partial charge is 0.275 e. The number of aromatic nitrogens is 3. The van der Waals surface area contributed by atoms with E-state index < -0.39 is 0 Å². The lowest BCUT2D eigenvalue weighted by molar-refractivity contribution is 0.0951. The normalized spacial score (nSPS) is 11.2. The zero-order chi connectivity index (χ0) is 20.4. The molecule has 0 fully saturated rings. The van der Waals surface area contributed by atoms with Crippen molar-refractivity contribution in [1.29, 1.82) is 0 Å². The number of nitrogens with zero attached hydrogens (tertiary/aromatic N) is 3. The summed E-state index contributed by atoms with van der Waals surface area (Å²) in [6.07, 6.45) is 3.32. The highest BCUT2D eigenvalue weighted by atomic mass is 16.5. The average molecular weight is 390 g/mol. The van der Waals surface area contributed by atoms with Gasteiger partial charge in [0, 0.05) is 49.4 Å². The molecular weight excluding hydrogens is 368 g/mol. The summed E-state index contributed by atoms with van der Waals surface area (Å²) in [4.78, 5) is 30.5. The van der Waals surface area contributed by atoms with Crippen LogP contribution in [-0.4, -0.2) is 33.7 Å². The van der Waals surface area contributed by atoms with Crippen molar-refractivity contribution in [1.82, 2.24) is 19.4 Å². The molecule has 3 aromatic heterocycles. The molecule has 0 spiro atoms. The third-order valence-electron chi connectivity index (χ3n) is 5.06. The summed E-state index contributed by atoms with van der Waals surface area (Å²) in [5, 5.41) is 4.47. The summed E-state index contributed by atoms with van der Waals surface area (Å²) in [6, 6.07) is 13.3. The minimum Gasteiger partial charge on any atom is -0.383 e. The number of nitrogens with one attached hydrogen (secondary N) is 1. The van der Waals surface area contributed by atoms with Crippen LogP contribution in [0.3, 0.4) is 0 Å². The molecule has 1 amide bonds. The summed E-state index contributed by atoms with van der Waals surface area (Å²) >= 11 is 0. The Bertz CT molecular complexity index is 1240. The molecule has 0 saturated heterocycles. The first kappa shape index (κ1) is 18.9. The van der Waals surface area contributed by atoms with Gasteiger partial charge in [-0.25, -0.2) is 0 Å². The number of carbonyl (C=O) groups excluding carboxylic acids is 1. The van der Waals surface area contributed by atoms with E-state index >= 15 is 0 Å². The lowest BCUT2D eigenvalue weighted by Crippen LogP contribution is -2.29. The summed E-state index contributed by atoms with van der Waals surface area (Å²) < 4.78 is 8.53. The van der Waals surface area contributed by atoms with E-state index in [-0.39, 0.29) is 11.5 Å². The van der Waals surface area contributed by atoms with Gasteiger partial charge in [0.2, 0.25) is 0 Å². The Morgan fingerprint density at radius 1 is 1.17 bits per heavy atom. The van der Waals surface area contributed by atoms with Crippen molar-refractivity contribution in [2.24, 2.45) is 7.05 Å². The van der Waals surface area contributed by atoms with E-state index in [1.807, 2.05) is 54.1 Å². The van der Waals surface area contributed by atoms with Gasteiger partial charge in [0.1, 0.15) is 5.52 Å². The summed E-state index contributed by atoms with van der Waals surface area (Å²) in [6.45, 7) is 1.06. The van der Waals surface area contributed by atoms with Crippen LogP contribution in [-0.2, 0) is 24.9 Å². The largest absolute Gasteiger partial charge is 0.383 e. The lowest BCUT2D eigenvalue weighted by atomic mass is 10.1.